The number of carbonyl (C=O) groups is 2. The minimum atomic E-state index is -0.106. The number of para-hydroxylation sites is 1. The average Bonchev–Trinajstić information content (AvgIpc) is 3.24. The summed E-state index contributed by atoms with van der Waals surface area (Å²) in [6, 6.07) is 18.8. The van der Waals surface area contributed by atoms with Crippen LogP contribution in [0.5, 0.6) is 0 Å². The van der Waals surface area contributed by atoms with Gasteiger partial charge in [-0.05, 0) is 44.0 Å². The number of thioether (sulfide) groups is 1. The maximum atomic E-state index is 13.0. The number of aryl methyl sites for hydroxylation is 1. The van der Waals surface area contributed by atoms with Gasteiger partial charge in [0.2, 0.25) is 0 Å². The molecule has 1 saturated heterocycles. The van der Waals surface area contributed by atoms with Crippen LogP contribution in [0.15, 0.2) is 70.1 Å². The predicted molar refractivity (Wildman–Crippen MR) is 125 cm³/mol. The first-order valence-electron chi connectivity index (χ1n) is 10.6. The lowest BCUT2D eigenvalue weighted by Crippen LogP contribution is -2.47. The number of nitrogens with zero attached hydrogens (tertiary/aromatic N) is 2. The summed E-state index contributed by atoms with van der Waals surface area (Å²) in [7, 11) is 0. The highest BCUT2D eigenvalue weighted by Crippen LogP contribution is 2.27. The van der Waals surface area contributed by atoms with Crippen molar-refractivity contribution < 1.29 is 14.1 Å². The van der Waals surface area contributed by atoms with Crippen molar-refractivity contribution in [3.8, 4) is 0 Å². The Morgan fingerprint density at radius 2 is 1.81 bits per heavy atom. The van der Waals surface area contributed by atoms with Crippen molar-refractivity contribution >= 4 is 29.4 Å². The van der Waals surface area contributed by atoms with Crippen molar-refractivity contribution in [1.82, 2.24) is 15.4 Å². The molecule has 0 saturated carbocycles. The van der Waals surface area contributed by atoms with Crippen LogP contribution in [-0.2, 0) is 5.75 Å². The lowest BCUT2D eigenvalue weighted by molar-refractivity contribution is 0.0916. The lowest BCUT2D eigenvalue weighted by atomic mass is 10.0. The highest BCUT2D eigenvalue weighted by molar-refractivity contribution is 7.98. The zero-order valence-electron chi connectivity index (χ0n) is 17.9. The smallest absolute Gasteiger partial charge is 0.321 e. The van der Waals surface area contributed by atoms with Gasteiger partial charge >= 0.3 is 6.03 Å². The molecule has 0 radical (unpaired) electrons. The van der Waals surface area contributed by atoms with E-state index in [2.05, 4.69) is 15.8 Å². The van der Waals surface area contributed by atoms with Crippen molar-refractivity contribution in [1.29, 1.82) is 0 Å². The number of likely N-dealkylation sites (tertiary alicyclic amines) is 1. The van der Waals surface area contributed by atoms with Gasteiger partial charge in [0.1, 0.15) is 5.76 Å². The number of nitrogens with one attached hydrogen (secondary N) is 2. The van der Waals surface area contributed by atoms with Crippen molar-refractivity contribution in [3.63, 3.8) is 0 Å². The number of amides is 3. The maximum absolute atomic E-state index is 13.0. The second-order valence-corrected chi connectivity index (χ2v) is 8.77. The van der Waals surface area contributed by atoms with E-state index in [4.69, 9.17) is 4.52 Å². The summed E-state index contributed by atoms with van der Waals surface area (Å²) in [5.41, 5.74) is 2.27. The topological polar surface area (TPSA) is 87.5 Å². The minimum absolute atomic E-state index is 0.0401. The molecule has 2 N–H and O–H groups in total. The Balaban J connectivity index is 1.29. The number of hydrogen-bond acceptors (Lipinski definition) is 5. The fourth-order valence-electron chi connectivity index (χ4n) is 3.63. The molecule has 32 heavy (non-hydrogen) atoms. The first-order valence-corrected chi connectivity index (χ1v) is 11.6. The van der Waals surface area contributed by atoms with Gasteiger partial charge < -0.3 is 20.1 Å². The van der Waals surface area contributed by atoms with Gasteiger partial charge in [-0.1, -0.05) is 35.5 Å². The van der Waals surface area contributed by atoms with Crippen LogP contribution >= 0.6 is 11.8 Å². The number of urea groups is 1. The van der Waals surface area contributed by atoms with Crippen LogP contribution in [-0.4, -0.2) is 41.1 Å². The van der Waals surface area contributed by atoms with Gasteiger partial charge in [-0.3, -0.25) is 4.79 Å². The highest BCUT2D eigenvalue weighted by atomic mass is 32.2. The Morgan fingerprint density at radius 3 is 2.53 bits per heavy atom. The number of aromatic nitrogens is 1. The molecule has 4 rings (SSSR count). The number of rotatable bonds is 6. The van der Waals surface area contributed by atoms with E-state index in [0.717, 1.165) is 34.9 Å². The monoisotopic (exact) mass is 450 g/mol. The van der Waals surface area contributed by atoms with E-state index in [1.807, 2.05) is 67.6 Å². The first kappa shape index (κ1) is 22.0. The summed E-state index contributed by atoms with van der Waals surface area (Å²) in [6.45, 7) is 3.09. The molecule has 0 bridgehead atoms. The molecule has 3 aromatic rings. The van der Waals surface area contributed by atoms with Crippen LogP contribution in [0.1, 0.15) is 34.7 Å². The number of anilines is 1. The third-order valence-corrected chi connectivity index (χ3v) is 6.42. The SMILES string of the molecule is Cc1cc(CSc2ccccc2C(=O)NC2CCN(C(=O)Nc3ccccc3)CC2)on1. The van der Waals surface area contributed by atoms with Crippen LogP contribution in [0.25, 0.3) is 0 Å². The van der Waals surface area contributed by atoms with Gasteiger partial charge in [0.15, 0.2) is 0 Å². The molecule has 1 aliphatic heterocycles. The molecule has 3 amide bonds. The van der Waals surface area contributed by atoms with Crippen molar-refractivity contribution in [2.45, 2.75) is 36.5 Å². The Hall–Kier alpha value is -3.26. The summed E-state index contributed by atoms with van der Waals surface area (Å²) in [5, 5.41) is 9.96. The van der Waals surface area contributed by atoms with Gasteiger partial charge in [0.25, 0.3) is 5.91 Å². The van der Waals surface area contributed by atoms with Crippen LogP contribution < -0.4 is 10.6 Å². The molecule has 2 aromatic carbocycles. The Bertz CT molecular complexity index is 1060. The predicted octanol–water partition coefficient (Wildman–Crippen LogP) is 4.70. The van der Waals surface area contributed by atoms with Crippen LogP contribution in [0.2, 0.25) is 0 Å². The van der Waals surface area contributed by atoms with Crippen molar-refractivity contribution in [2.75, 3.05) is 18.4 Å². The molecule has 166 valence electrons. The maximum Gasteiger partial charge on any atom is 0.321 e. The molecule has 0 atom stereocenters. The molecule has 1 fully saturated rings. The summed E-state index contributed by atoms with van der Waals surface area (Å²) in [4.78, 5) is 28.1. The standard InChI is InChI=1S/C24H26N4O3S/c1-17-15-20(31-27-17)16-32-22-10-6-5-9-21(22)23(29)25-19-11-13-28(14-12-19)24(30)26-18-7-3-2-4-8-18/h2-10,15,19H,11-14,16H2,1H3,(H,25,29)(H,26,30). The lowest BCUT2D eigenvalue weighted by Gasteiger charge is -2.32. The normalized spacial score (nSPS) is 14.2. The average molecular weight is 451 g/mol. The Kier molecular flexibility index (Phi) is 7.11. The number of carbonyl (C=O) groups excluding carboxylic acids is 2. The Labute approximate surface area is 191 Å². The van der Waals surface area contributed by atoms with Gasteiger partial charge in [0.05, 0.1) is 17.0 Å². The molecule has 0 aliphatic carbocycles. The van der Waals surface area contributed by atoms with Gasteiger partial charge in [-0.15, -0.1) is 11.8 Å². The van der Waals surface area contributed by atoms with E-state index < -0.39 is 0 Å². The molecule has 7 nitrogen and oxygen atoms in total. The molecule has 1 aliphatic rings. The van der Waals surface area contributed by atoms with E-state index in [-0.39, 0.29) is 18.0 Å². The highest BCUT2D eigenvalue weighted by Gasteiger charge is 2.25. The molecule has 0 spiro atoms. The summed E-state index contributed by atoms with van der Waals surface area (Å²) < 4.78 is 5.27. The third-order valence-electron chi connectivity index (χ3n) is 5.32. The number of hydrogen-bond donors (Lipinski definition) is 2. The van der Waals surface area contributed by atoms with Crippen LogP contribution in [0.3, 0.4) is 0 Å². The second-order valence-electron chi connectivity index (χ2n) is 7.75. The Morgan fingerprint density at radius 1 is 1.09 bits per heavy atom. The van der Waals surface area contributed by atoms with E-state index in [9.17, 15) is 9.59 Å². The number of benzene rings is 2. The molecule has 1 aromatic heterocycles. The largest absolute Gasteiger partial charge is 0.360 e. The fraction of sp³-hybridized carbons (Fsp3) is 0.292. The summed E-state index contributed by atoms with van der Waals surface area (Å²) >= 11 is 1.55. The molecular formula is C24H26N4O3S. The molecule has 8 heteroatoms. The number of piperidine rings is 1. The minimum Gasteiger partial charge on any atom is -0.360 e. The van der Waals surface area contributed by atoms with E-state index in [0.29, 0.717) is 24.4 Å². The van der Waals surface area contributed by atoms with E-state index >= 15 is 0 Å². The van der Waals surface area contributed by atoms with Gasteiger partial charge in [0, 0.05) is 35.8 Å². The molecule has 0 unspecified atom stereocenters. The van der Waals surface area contributed by atoms with Gasteiger partial charge in [-0.2, -0.15) is 0 Å². The first-order chi connectivity index (χ1) is 15.6. The van der Waals surface area contributed by atoms with Crippen molar-refractivity contribution in [3.05, 3.63) is 77.7 Å². The van der Waals surface area contributed by atoms with E-state index in [1.165, 1.54) is 0 Å². The van der Waals surface area contributed by atoms with E-state index in [1.54, 1.807) is 16.7 Å². The van der Waals surface area contributed by atoms with Crippen LogP contribution in [0, 0.1) is 6.92 Å². The second kappa shape index (κ2) is 10.4. The summed E-state index contributed by atoms with van der Waals surface area (Å²) in [5.74, 6) is 1.30. The molecular weight excluding hydrogens is 424 g/mol. The van der Waals surface area contributed by atoms with Crippen molar-refractivity contribution in [2.24, 2.45) is 0 Å². The third kappa shape index (κ3) is 5.70. The zero-order valence-corrected chi connectivity index (χ0v) is 18.7. The summed E-state index contributed by atoms with van der Waals surface area (Å²) in [6.07, 6.45) is 1.45. The molecule has 2 heterocycles. The fourth-order valence-corrected chi connectivity index (χ4v) is 4.55. The zero-order chi connectivity index (χ0) is 22.3. The quantitative estimate of drug-likeness (QED) is 0.532. The van der Waals surface area contributed by atoms with Gasteiger partial charge in [-0.25, -0.2) is 4.79 Å². The van der Waals surface area contributed by atoms with Crippen LogP contribution in [0.4, 0.5) is 10.5 Å².